The van der Waals surface area contributed by atoms with Crippen LogP contribution in [0.3, 0.4) is 0 Å². The van der Waals surface area contributed by atoms with Crippen molar-refractivity contribution in [1.82, 2.24) is 14.3 Å². The van der Waals surface area contributed by atoms with Crippen molar-refractivity contribution in [2.75, 3.05) is 19.6 Å². The van der Waals surface area contributed by atoms with E-state index in [1.165, 1.54) is 34.6 Å². The molecular weight excluding hydrogens is 433 g/mol. The third-order valence-corrected chi connectivity index (χ3v) is 7.16. The minimum atomic E-state index is -0.214. The van der Waals surface area contributed by atoms with E-state index in [2.05, 4.69) is 40.2 Å². The second-order valence-corrected chi connectivity index (χ2v) is 9.43. The molecule has 0 aliphatic carbocycles. The number of halogens is 1. The standard InChI is InChI=1S/C27H26FN3OS/c1-19-25(26(32)31-16-17-33-27(31)29-19)12-15-30-13-10-21(11-14-30)18-20-2-4-22(5-3-20)23-6-8-24(28)9-7-23/h2-9,16-18H,10-15H2,1H3. The summed E-state index contributed by atoms with van der Waals surface area (Å²) in [6, 6.07) is 15.0. The van der Waals surface area contributed by atoms with E-state index >= 15 is 0 Å². The average Bonchev–Trinajstić information content (AvgIpc) is 3.30. The Morgan fingerprint density at radius 3 is 2.39 bits per heavy atom. The molecule has 0 N–H and O–H groups in total. The number of thiazole rings is 1. The molecule has 3 heterocycles. The van der Waals surface area contributed by atoms with Gasteiger partial charge in [-0.25, -0.2) is 9.37 Å². The highest BCUT2D eigenvalue weighted by molar-refractivity contribution is 7.15. The zero-order valence-corrected chi connectivity index (χ0v) is 19.4. The minimum absolute atomic E-state index is 0.0698. The topological polar surface area (TPSA) is 37.6 Å². The molecule has 1 aliphatic rings. The van der Waals surface area contributed by atoms with Gasteiger partial charge >= 0.3 is 0 Å². The second kappa shape index (κ2) is 9.41. The van der Waals surface area contributed by atoms with Crippen molar-refractivity contribution in [2.45, 2.75) is 26.2 Å². The summed E-state index contributed by atoms with van der Waals surface area (Å²) < 4.78 is 14.8. The van der Waals surface area contributed by atoms with Crippen molar-refractivity contribution >= 4 is 22.4 Å². The SMILES string of the molecule is Cc1nc2sccn2c(=O)c1CCN1CCC(=Cc2ccc(-c3ccc(F)cc3)cc2)CC1. The fourth-order valence-corrected chi connectivity index (χ4v) is 5.19. The van der Waals surface area contributed by atoms with Gasteiger partial charge in [0, 0.05) is 42.5 Å². The van der Waals surface area contributed by atoms with E-state index in [-0.39, 0.29) is 11.4 Å². The van der Waals surface area contributed by atoms with Gasteiger partial charge in [0.1, 0.15) is 5.82 Å². The molecule has 168 valence electrons. The lowest BCUT2D eigenvalue weighted by Gasteiger charge is -2.28. The van der Waals surface area contributed by atoms with Gasteiger partial charge in [0.2, 0.25) is 0 Å². The lowest BCUT2D eigenvalue weighted by Crippen LogP contribution is -2.34. The summed E-state index contributed by atoms with van der Waals surface area (Å²) in [5.74, 6) is -0.214. The fourth-order valence-electron chi connectivity index (χ4n) is 4.43. The number of fused-ring (bicyclic) bond motifs is 1. The Bertz CT molecular complexity index is 1340. The first-order valence-corrected chi connectivity index (χ1v) is 12.2. The van der Waals surface area contributed by atoms with Gasteiger partial charge in [0.25, 0.3) is 5.56 Å². The normalized spacial score (nSPS) is 14.7. The lowest BCUT2D eigenvalue weighted by atomic mass is 9.99. The predicted molar refractivity (Wildman–Crippen MR) is 133 cm³/mol. The van der Waals surface area contributed by atoms with Crippen LogP contribution in [0.15, 0.2) is 70.5 Å². The minimum Gasteiger partial charge on any atom is -0.302 e. The molecule has 2 aromatic heterocycles. The molecule has 0 unspecified atom stereocenters. The maximum absolute atomic E-state index is 13.1. The highest BCUT2D eigenvalue weighted by Gasteiger charge is 2.16. The smallest absolute Gasteiger partial charge is 0.261 e. The van der Waals surface area contributed by atoms with Crippen LogP contribution in [0.1, 0.15) is 29.7 Å². The summed E-state index contributed by atoms with van der Waals surface area (Å²) in [7, 11) is 0. The molecule has 1 aliphatic heterocycles. The van der Waals surface area contributed by atoms with Crippen molar-refractivity contribution < 1.29 is 4.39 Å². The van der Waals surface area contributed by atoms with E-state index in [0.29, 0.717) is 0 Å². The molecule has 33 heavy (non-hydrogen) atoms. The zero-order chi connectivity index (χ0) is 22.8. The number of aryl methyl sites for hydroxylation is 1. The predicted octanol–water partition coefficient (Wildman–Crippen LogP) is 5.59. The van der Waals surface area contributed by atoms with Gasteiger partial charge < -0.3 is 4.90 Å². The Balaban J connectivity index is 1.18. The van der Waals surface area contributed by atoms with E-state index < -0.39 is 0 Å². The van der Waals surface area contributed by atoms with E-state index in [1.54, 1.807) is 4.40 Å². The van der Waals surface area contributed by atoms with Crippen molar-refractivity contribution in [2.24, 2.45) is 0 Å². The summed E-state index contributed by atoms with van der Waals surface area (Å²) in [6.07, 6.45) is 6.92. The van der Waals surface area contributed by atoms with E-state index in [9.17, 15) is 9.18 Å². The molecule has 4 nitrogen and oxygen atoms in total. The van der Waals surface area contributed by atoms with Gasteiger partial charge in [-0.05, 0) is 55.0 Å². The van der Waals surface area contributed by atoms with Crippen molar-refractivity contribution in [3.8, 4) is 11.1 Å². The van der Waals surface area contributed by atoms with Crippen molar-refractivity contribution in [3.63, 3.8) is 0 Å². The number of hydrogen-bond donors (Lipinski definition) is 0. The van der Waals surface area contributed by atoms with Crippen LogP contribution in [0.5, 0.6) is 0 Å². The third kappa shape index (κ3) is 4.82. The molecule has 5 rings (SSSR count). The molecule has 6 heteroatoms. The largest absolute Gasteiger partial charge is 0.302 e. The second-order valence-electron chi connectivity index (χ2n) is 8.56. The fraction of sp³-hybridized carbons (Fsp3) is 0.259. The Morgan fingerprint density at radius 1 is 1.03 bits per heavy atom. The van der Waals surface area contributed by atoms with Crippen LogP contribution in [-0.4, -0.2) is 33.9 Å². The van der Waals surface area contributed by atoms with Gasteiger partial charge in [-0.15, -0.1) is 11.3 Å². The van der Waals surface area contributed by atoms with Gasteiger partial charge in [0.05, 0.1) is 0 Å². The van der Waals surface area contributed by atoms with Gasteiger partial charge in [-0.1, -0.05) is 48.0 Å². The summed E-state index contributed by atoms with van der Waals surface area (Å²) in [6.45, 7) is 4.84. The van der Waals surface area contributed by atoms with Crippen LogP contribution in [0.25, 0.3) is 22.2 Å². The molecule has 0 amide bonds. The van der Waals surface area contributed by atoms with Crippen LogP contribution in [-0.2, 0) is 6.42 Å². The van der Waals surface area contributed by atoms with Gasteiger partial charge in [0.15, 0.2) is 4.96 Å². The molecule has 0 bridgehead atoms. The molecule has 0 atom stereocenters. The number of likely N-dealkylation sites (tertiary alicyclic amines) is 1. The molecule has 0 radical (unpaired) electrons. The van der Waals surface area contributed by atoms with Crippen LogP contribution in [0.2, 0.25) is 0 Å². The van der Waals surface area contributed by atoms with Crippen molar-refractivity contribution in [3.05, 3.63) is 98.7 Å². The monoisotopic (exact) mass is 459 g/mol. The first kappa shape index (κ1) is 21.7. The van der Waals surface area contributed by atoms with E-state index in [1.807, 2.05) is 30.6 Å². The van der Waals surface area contributed by atoms with Crippen molar-refractivity contribution in [1.29, 1.82) is 0 Å². The number of nitrogens with zero attached hydrogens (tertiary/aromatic N) is 3. The molecule has 4 aromatic rings. The summed E-state index contributed by atoms with van der Waals surface area (Å²) in [5, 5.41) is 1.90. The zero-order valence-electron chi connectivity index (χ0n) is 18.6. The number of benzene rings is 2. The quantitative estimate of drug-likeness (QED) is 0.390. The Hall–Kier alpha value is -3.09. The van der Waals surface area contributed by atoms with Gasteiger partial charge in [-0.2, -0.15) is 0 Å². The Kier molecular flexibility index (Phi) is 6.20. The molecule has 2 aromatic carbocycles. The summed E-state index contributed by atoms with van der Waals surface area (Å²) in [4.78, 5) is 20.5. The number of hydrogen-bond acceptors (Lipinski definition) is 4. The highest BCUT2D eigenvalue weighted by atomic mass is 32.1. The summed E-state index contributed by atoms with van der Waals surface area (Å²) >= 11 is 1.49. The average molecular weight is 460 g/mol. The Morgan fingerprint density at radius 2 is 1.70 bits per heavy atom. The third-order valence-electron chi connectivity index (χ3n) is 6.40. The van der Waals surface area contributed by atoms with Gasteiger partial charge in [-0.3, -0.25) is 9.20 Å². The van der Waals surface area contributed by atoms with Crippen LogP contribution < -0.4 is 5.56 Å². The lowest BCUT2D eigenvalue weighted by molar-refractivity contribution is 0.260. The molecule has 0 saturated carbocycles. The highest BCUT2D eigenvalue weighted by Crippen LogP contribution is 2.23. The molecular formula is C27H26FN3OS. The number of aromatic nitrogens is 2. The molecule has 0 spiro atoms. The first-order chi connectivity index (χ1) is 16.1. The maximum Gasteiger partial charge on any atom is 0.261 e. The first-order valence-electron chi connectivity index (χ1n) is 11.3. The van der Waals surface area contributed by atoms with E-state index in [0.717, 1.165) is 66.2 Å². The maximum atomic E-state index is 13.1. The number of piperidine rings is 1. The Labute approximate surface area is 196 Å². The van der Waals surface area contributed by atoms with E-state index in [4.69, 9.17) is 0 Å². The number of rotatable bonds is 5. The molecule has 1 fully saturated rings. The summed E-state index contributed by atoms with van der Waals surface area (Å²) in [5.41, 5.74) is 6.51. The van der Waals surface area contributed by atoms with Crippen LogP contribution in [0, 0.1) is 12.7 Å². The van der Waals surface area contributed by atoms with Crippen LogP contribution >= 0.6 is 11.3 Å². The van der Waals surface area contributed by atoms with Crippen LogP contribution in [0.4, 0.5) is 4.39 Å². The molecule has 1 saturated heterocycles.